The summed E-state index contributed by atoms with van der Waals surface area (Å²) in [6.45, 7) is 4.84. The van der Waals surface area contributed by atoms with Crippen molar-refractivity contribution in [2.75, 3.05) is 5.32 Å². The molecule has 0 aliphatic carbocycles. The van der Waals surface area contributed by atoms with Crippen LogP contribution in [0.4, 0.5) is 5.82 Å². The largest absolute Gasteiger partial charge is 0.365 e. The van der Waals surface area contributed by atoms with E-state index < -0.39 is 0 Å². The van der Waals surface area contributed by atoms with Crippen LogP contribution in [-0.2, 0) is 6.54 Å². The quantitative estimate of drug-likeness (QED) is 0.862. The number of hydrogen-bond acceptors (Lipinski definition) is 4. The summed E-state index contributed by atoms with van der Waals surface area (Å²) < 4.78 is 0. The van der Waals surface area contributed by atoms with E-state index in [4.69, 9.17) is 0 Å². The molecule has 0 atom stereocenters. The predicted octanol–water partition coefficient (Wildman–Crippen LogP) is 2.77. The monoisotopic (exact) mass is 219 g/mol. The molecule has 0 saturated heterocycles. The van der Waals surface area contributed by atoms with E-state index in [2.05, 4.69) is 15.3 Å². The highest BCUT2D eigenvalue weighted by Crippen LogP contribution is 2.13. The number of rotatable bonds is 3. The number of anilines is 1. The van der Waals surface area contributed by atoms with Gasteiger partial charge in [-0.15, -0.1) is 11.3 Å². The van der Waals surface area contributed by atoms with E-state index in [0.717, 1.165) is 17.4 Å². The Morgan fingerprint density at radius 2 is 2.07 bits per heavy atom. The average molecular weight is 219 g/mol. The first-order chi connectivity index (χ1) is 7.24. The molecule has 0 saturated carbocycles. The predicted molar refractivity (Wildman–Crippen MR) is 63.2 cm³/mol. The maximum absolute atomic E-state index is 4.27. The van der Waals surface area contributed by atoms with Crippen LogP contribution in [0.25, 0.3) is 0 Å². The van der Waals surface area contributed by atoms with E-state index >= 15 is 0 Å². The molecule has 0 aliphatic rings. The molecule has 0 radical (unpaired) electrons. The number of hydrogen-bond donors (Lipinski definition) is 1. The van der Waals surface area contributed by atoms with Crippen LogP contribution in [-0.4, -0.2) is 9.97 Å². The van der Waals surface area contributed by atoms with Gasteiger partial charge in [-0.25, -0.2) is 9.97 Å². The van der Waals surface area contributed by atoms with Gasteiger partial charge in [0.05, 0.1) is 11.6 Å². The third kappa shape index (κ3) is 2.76. The number of aryl methyl sites for hydroxylation is 2. The average Bonchev–Trinajstić information content (AvgIpc) is 2.64. The van der Waals surface area contributed by atoms with E-state index in [1.54, 1.807) is 11.3 Å². The van der Waals surface area contributed by atoms with E-state index in [1.165, 1.54) is 10.4 Å². The van der Waals surface area contributed by atoms with Crippen molar-refractivity contribution in [1.29, 1.82) is 0 Å². The number of thiazole rings is 1. The minimum atomic E-state index is 0.793. The molecule has 0 fully saturated rings. The molecule has 1 N–H and O–H groups in total. The maximum atomic E-state index is 4.27. The first-order valence-corrected chi connectivity index (χ1v) is 5.63. The summed E-state index contributed by atoms with van der Waals surface area (Å²) in [4.78, 5) is 9.71. The fourth-order valence-corrected chi connectivity index (χ4v) is 1.97. The van der Waals surface area contributed by atoms with Gasteiger partial charge in [-0.3, -0.25) is 0 Å². The first kappa shape index (κ1) is 10.1. The Labute approximate surface area is 93.2 Å². The molecule has 78 valence electrons. The summed E-state index contributed by atoms with van der Waals surface area (Å²) >= 11 is 1.71. The third-order valence-corrected chi connectivity index (χ3v) is 2.94. The van der Waals surface area contributed by atoms with Gasteiger partial charge in [0.15, 0.2) is 0 Å². The van der Waals surface area contributed by atoms with Crippen LogP contribution < -0.4 is 5.32 Å². The zero-order chi connectivity index (χ0) is 10.7. The summed E-state index contributed by atoms with van der Waals surface area (Å²) in [6, 6.07) is 4.04. The Balaban J connectivity index is 1.96. The second-order valence-electron chi connectivity index (χ2n) is 3.42. The minimum absolute atomic E-state index is 0.793. The van der Waals surface area contributed by atoms with Gasteiger partial charge in [-0.2, -0.15) is 0 Å². The number of nitrogens with zero attached hydrogens (tertiary/aromatic N) is 2. The molecule has 0 spiro atoms. The Morgan fingerprint density at radius 3 is 2.67 bits per heavy atom. The Morgan fingerprint density at radius 1 is 1.20 bits per heavy atom. The molecule has 2 aromatic heterocycles. The molecule has 0 unspecified atom stereocenters. The molecule has 0 amide bonds. The summed E-state index contributed by atoms with van der Waals surface area (Å²) in [5, 5.41) is 4.36. The van der Waals surface area contributed by atoms with Gasteiger partial charge in [-0.05, 0) is 25.5 Å². The lowest BCUT2D eigenvalue weighted by atomic mass is 10.3. The van der Waals surface area contributed by atoms with Crippen LogP contribution in [0.5, 0.6) is 0 Å². The van der Waals surface area contributed by atoms with Crippen LogP contribution in [0.1, 0.15) is 15.4 Å². The van der Waals surface area contributed by atoms with E-state index in [1.807, 2.05) is 38.4 Å². The fraction of sp³-hybridized carbons (Fsp3) is 0.273. The van der Waals surface area contributed by atoms with Gasteiger partial charge in [0.1, 0.15) is 5.82 Å². The molecule has 15 heavy (non-hydrogen) atoms. The van der Waals surface area contributed by atoms with Crippen molar-refractivity contribution < 1.29 is 0 Å². The second kappa shape index (κ2) is 4.40. The highest BCUT2D eigenvalue weighted by molar-refractivity contribution is 7.11. The normalized spacial score (nSPS) is 10.3. The third-order valence-electron chi connectivity index (χ3n) is 2.02. The zero-order valence-corrected chi connectivity index (χ0v) is 9.64. The highest BCUT2D eigenvalue weighted by atomic mass is 32.1. The molecule has 4 heteroatoms. The Hall–Kier alpha value is -1.42. The lowest BCUT2D eigenvalue weighted by Gasteiger charge is -2.02. The molecule has 0 aromatic carbocycles. The van der Waals surface area contributed by atoms with Crippen molar-refractivity contribution >= 4 is 17.2 Å². The van der Waals surface area contributed by atoms with Crippen LogP contribution in [0, 0.1) is 13.8 Å². The molecule has 2 rings (SSSR count). The first-order valence-electron chi connectivity index (χ1n) is 4.82. The summed E-state index contributed by atoms with van der Waals surface area (Å²) in [5.74, 6) is 0.909. The van der Waals surface area contributed by atoms with E-state index in [0.29, 0.717) is 0 Å². The van der Waals surface area contributed by atoms with Crippen molar-refractivity contribution in [3.05, 3.63) is 40.0 Å². The standard InChI is InChI=1S/C11H13N3S/c1-8-3-4-11(13-5-8)14-7-10-6-12-9(2)15-10/h3-6H,7H2,1-2H3,(H,13,14). The maximum Gasteiger partial charge on any atom is 0.126 e. The van der Waals surface area contributed by atoms with Crippen molar-refractivity contribution in [2.24, 2.45) is 0 Å². The van der Waals surface area contributed by atoms with Crippen LogP contribution in [0.3, 0.4) is 0 Å². The highest BCUT2D eigenvalue weighted by Gasteiger charge is 1.98. The SMILES string of the molecule is Cc1ccc(NCc2cnc(C)s2)nc1. The van der Waals surface area contributed by atoms with Crippen molar-refractivity contribution in [1.82, 2.24) is 9.97 Å². The Kier molecular flexibility index (Phi) is 2.97. The minimum Gasteiger partial charge on any atom is -0.365 e. The van der Waals surface area contributed by atoms with Crippen molar-refractivity contribution in [3.8, 4) is 0 Å². The van der Waals surface area contributed by atoms with Gasteiger partial charge >= 0.3 is 0 Å². The molecular weight excluding hydrogens is 206 g/mol. The summed E-state index contributed by atoms with van der Waals surface area (Å²) in [6.07, 6.45) is 3.77. The number of nitrogens with one attached hydrogen (secondary N) is 1. The fourth-order valence-electron chi connectivity index (χ4n) is 1.24. The van der Waals surface area contributed by atoms with Crippen LogP contribution in [0.15, 0.2) is 24.5 Å². The van der Waals surface area contributed by atoms with Crippen LogP contribution in [0.2, 0.25) is 0 Å². The van der Waals surface area contributed by atoms with Gasteiger partial charge in [-0.1, -0.05) is 6.07 Å². The molecule has 0 bridgehead atoms. The van der Waals surface area contributed by atoms with Crippen molar-refractivity contribution in [3.63, 3.8) is 0 Å². The van der Waals surface area contributed by atoms with Gasteiger partial charge < -0.3 is 5.32 Å². The topological polar surface area (TPSA) is 37.8 Å². The summed E-state index contributed by atoms with van der Waals surface area (Å²) in [7, 11) is 0. The Bertz CT molecular complexity index is 433. The van der Waals surface area contributed by atoms with Crippen LogP contribution >= 0.6 is 11.3 Å². The molecular formula is C11H13N3S. The van der Waals surface area contributed by atoms with Gasteiger partial charge in [0, 0.05) is 17.3 Å². The zero-order valence-electron chi connectivity index (χ0n) is 8.82. The smallest absolute Gasteiger partial charge is 0.126 e. The molecule has 2 heterocycles. The van der Waals surface area contributed by atoms with Crippen molar-refractivity contribution in [2.45, 2.75) is 20.4 Å². The summed E-state index contributed by atoms with van der Waals surface area (Å²) in [5.41, 5.74) is 1.18. The number of aromatic nitrogens is 2. The second-order valence-corrected chi connectivity index (χ2v) is 4.74. The molecule has 3 nitrogen and oxygen atoms in total. The van der Waals surface area contributed by atoms with Gasteiger partial charge in [0.2, 0.25) is 0 Å². The van der Waals surface area contributed by atoms with E-state index in [9.17, 15) is 0 Å². The van der Waals surface area contributed by atoms with Gasteiger partial charge in [0.25, 0.3) is 0 Å². The number of pyridine rings is 1. The lowest BCUT2D eigenvalue weighted by molar-refractivity contribution is 1.12. The molecule has 2 aromatic rings. The molecule has 0 aliphatic heterocycles. The lowest BCUT2D eigenvalue weighted by Crippen LogP contribution is -1.99. The van der Waals surface area contributed by atoms with E-state index in [-0.39, 0.29) is 0 Å².